The van der Waals surface area contributed by atoms with Crippen LogP contribution in [0.3, 0.4) is 0 Å². The number of amides is 1. The predicted molar refractivity (Wildman–Crippen MR) is 59.8 cm³/mol. The molecule has 1 atom stereocenters. The maximum Gasteiger partial charge on any atom is 0.255 e. The first kappa shape index (κ1) is 14.5. The Bertz CT molecular complexity index is 397. The summed E-state index contributed by atoms with van der Waals surface area (Å²) in [6.45, 7) is -1.30. The van der Waals surface area contributed by atoms with Crippen molar-refractivity contribution in [1.82, 2.24) is 14.7 Å². The average molecular weight is 262 g/mol. The quantitative estimate of drug-likeness (QED) is 0.724. The number of aryl methyl sites for hydroxylation is 1. The SMILES string of the molecule is Cn1cc(C(N)C(=O)N(CCO)CC(F)F)cn1. The Labute approximate surface area is 103 Å². The highest BCUT2D eigenvalue weighted by Gasteiger charge is 2.25. The smallest absolute Gasteiger partial charge is 0.255 e. The van der Waals surface area contributed by atoms with E-state index in [0.29, 0.717) is 5.56 Å². The molecule has 0 aliphatic rings. The van der Waals surface area contributed by atoms with Crippen molar-refractivity contribution in [2.24, 2.45) is 12.8 Å². The molecule has 3 N–H and O–H groups in total. The third kappa shape index (κ3) is 3.74. The molecule has 1 aromatic heterocycles. The maximum absolute atomic E-state index is 12.3. The highest BCUT2D eigenvalue weighted by molar-refractivity contribution is 5.83. The number of aliphatic hydroxyl groups excluding tert-OH is 1. The molecule has 0 saturated heterocycles. The van der Waals surface area contributed by atoms with Gasteiger partial charge in [0, 0.05) is 25.4 Å². The van der Waals surface area contributed by atoms with Gasteiger partial charge in [-0.15, -0.1) is 0 Å². The zero-order valence-corrected chi connectivity index (χ0v) is 9.96. The van der Waals surface area contributed by atoms with E-state index >= 15 is 0 Å². The third-order valence-electron chi connectivity index (χ3n) is 2.39. The van der Waals surface area contributed by atoms with Gasteiger partial charge in [0.15, 0.2) is 0 Å². The van der Waals surface area contributed by atoms with E-state index in [9.17, 15) is 13.6 Å². The van der Waals surface area contributed by atoms with Crippen molar-refractivity contribution in [3.05, 3.63) is 18.0 Å². The van der Waals surface area contributed by atoms with Gasteiger partial charge in [-0.05, 0) is 0 Å². The molecule has 1 aromatic rings. The number of hydrogen-bond donors (Lipinski definition) is 2. The minimum Gasteiger partial charge on any atom is -0.395 e. The van der Waals surface area contributed by atoms with Crippen LogP contribution in [-0.2, 0) is 11.8 Å². The monoisotopic (exact) mass is 262 g/mol. The second kappa shape index (κ2) is 6.41. The molecule has 0 fully saturated rings. The van der Waals surface area contributed by atoms with Crippen LogP contribution in [0.5, 0.6) is 0 Å². The third-order valence-corrected chi connectivity index (χ3v) is 2.39. The lowest BCUT2D eigenvalue weighted by molar-refractivity contribution is -0.135. The number of carbonyl (C=O) groups is 1. The molecule has 0 bridgehead atoms. The predicted octanol–water partition coefficient (Wildman–Crippen LogP) is -0.494. The van der Waals surface area contributed by atoms with Crippen molar-refractivity contribution >= 4 is 5.91 Å². The van der Waals surface area contributed by atoms with Gasteiger partial charge in [0.2, 0.25) is 5.91 Å². The number of nitrogens with zero attached hydrogens (tertiary/aromatic N) is 3. The van der Waals surface area contributed by atoms with Crippen LogP contribution in [0.2, 0.25) is 0 Å². The molecule has 1 rings (SSSR count). The highest BCUT2D eigenvalue weighted by atomic mass is 19.3. The van der Waals surface area contributed by atoms with Crippen molar-refractivity contribution in [3.63, 3.8) is 0 Å². The summed E-state index contributed by atoms with van der Waals surface area (Å²) in [5.41, 5.74) is 6.13. The van der Waals surface area contributed by atoms with Gasteiger partial charge < -0.3 is 15.7 Å². The van der Waals surface area contributed by atoms with Crippen molar-refractivity contribution in [2.75, 3.05) is 19.7 Å². The Morgan fingerprint density at radius 1 is 1.67 bits per heavy atom. The molecule has 8 heteroatoms. The average Bonchev–Trinajstić information content (AvgIpc) is 2.73. The molecular weight excluding hydrogens is 246 g/mol. The van der Waals surface area contributed by atoms with Crippen molar-refractivity contribution in [3.8, 4) is 0 Å². The molecule has 0 radical (unpaired) electrons. The zero-order valence-electron chi connectivity index (χ0n) is 9.96. The topological polar surface area (TPSA) is 84.4 Å². The first-order valence-electron chi connectivity index (χ1n) is 5.37. The molecule has 102 valence electrons. The van der Waals surface area contributed by atoms with E-state index in [0.717, 1.165) is 4.90 Å². The summed E-state index contributed by atoms with van der Waals surface area (Å²) < 4.78 is 26.1. The van der Waals surface area contributed by atoms with Crippen LogP contribution in [0, 0.1) is 0 Å². The zero-order chi connectivity index (χ0) is 13.7. The van der Waals surface area contributed by atoms with Crippen LogP contribution >= 0.6 is 0 Å². The minimum atomic E-state index is -2.67. The molecule has 1 heterocycles. The van der Waals surface area contributed by atoms with E-state index in [4.69, 9.17) is 10.8 Å². The summed E-state index contributed by atoms with van der Waals surface area (Å²) in [6.07, 6.45) is 0.283. The van der Waals surface area contributed by atoms with Crippen LogP contribution < -0.4 is 5.73 Å². The number of halogens is 2. The van der Waals surface area contributed by atoms with Gasteiger partial charge in [-0.2, -0.15) is 5.10 Å². The van der Waals surface area contributed by atoms with Crippen LogP contribution in [0.25, 0.3) is 0 Å². The Morgan fingerprint density at radius 3 is 2.78 bits per heavy atom. The summed E-state index contributed by atoms with van der Waals surface area (Å²) in [5.74, 6) is -0.655. The van der Waals surface area contributed by atoms with E-state index in [1.807, 2.05) is 0 Å². The van der Waals surface area contributed by atoms with E-state index < -0.39 is 31.5 Å². The lowest BCUT2D eigenvalue weighted by Gasteiger charge is -2.24. The van der Waals surface area contributed by atoms with Crippen molar-refractivity contribution < 1.29 is 18.7 Å². The maximum atomic E-state index is 12.3. The summed E-state index contributed by atoms with van der Waals surface area (Å²) in [5, 5.41) is 12.6. The Balaban J connectivity index is 2.75. The van der Waals surface area contributed by atoms with E-state index in [1.165, 1.54) is 10.9 Å². The van der Waals surface area contributed by atoms with Gasteiger partial charge >= 0.3 is 0 Å². The lowest BCUT2D eigenvalue weighted by Crippen LogP contribution is -2.42. The molecular formula is C10H16F2N4O2. The molecule has 18 heavy (non-hydrogen) atoms. The normalized spacial score (nSPS) is 12.8. The lowest BCUT2D eigenvalue weighted by atomic mass is 10.1. The van der Waals surface area contributed by atoms with Crippen molar-refractivity contribution in [1.29, 1.82) is 0 Å². The van der Waals surface area contributed by atoms with E-state index in [1.54, 1.807) is 13.2 Å². The standard InChI is InChI=1S/C10H16F2N4O2/c1-15-5-7(4-14-15)9(13)10(18)16(2-3-17)6-8(11)12/h4-5,8-9,17H,2-3,6,13H2,1H3. The van der Waals surface area contributed by atoms with Crippen LogP contribution in [0.15, 0.2) is 12.4 Å². The number of hydrogen-bond acceptors (Lipinski definition) is 4. The largest absolute Gasteiger partial charge is 0.395 e. The summed E-state index contributed by atoms with van der Waals surface area (Å²) in [4.78, 5) is 12.7. The fourth-order valence-electron chi connectivity index (χ4n) is 1.52. The summed E-state index contributed by atoms with van der Waals surface area (Å²) in [7, 11) is 1.66. The number of nitrogens with two attached hydrogens (primary N) is 1. The molecule has 0 aliphatic carbocycles. The van der Waals surface area contributed by atoms with E-state index in [2.05, 4.69) is 5.10 Å². The molecule has 1 unspecified atom stereocenters. The van der Waals surface area contributed by atoms with Crippen molar-refractivity contribution in [2.45, 2.75) is 12.5 Å². The number of aliphatic hydroxyl groups is 1. The Kier molecular flexibility index (Phi) is 5.17. The molecule has 0 saturated carbocycles. The molecule has 0 spiro atoms. The van der Waals surface area contributed by atoms with Crippen LogP contribution in [-0.4, -0.2) is 51.8 Å². The molecule has 0 aromatic carbocycles. The first-order chi connectivity index (χ1) is 8.45. The van der Waals surface area contributed by atoms with Crippen LogP contribution in [0.1, 0.15) is 11.6 Å². The van der Waals surface area contributed by atoms with E-state index in [-0.39, 0.29) is 6.54 Å². The number of carbonyl (C=O) groups excluding carboxylic acids is 1. The second-order valence-electron chi connectivity index (χ2n) is 3.82. The Morgan fingerprint density at radius 2 is 2.33 bits per heavy atom. The van der Waals surface area contributed by atoms with Gasteiger partial charge in [0.1, 0.15) is 6.04 Å². The fourth-order valence-corrected chi connectivity index (χ4v) is 1.52. The van der Waals surface area contributed by atoms with Gasteiger partial charge in [0.05, 0.1) is 19.3 Å². The van der Waals surface area contributed by atoms with Gasteiger partial charge in [-0.25, -0.2) is 8.78 Å². The molecule has 0 aliphatic heterocycles. The number of aromatic nitrogens is 2. The van der Waals surface area contributed by atoms with Gasteiger partial charge in [0.25, 0.3) is 6.43 Å². The Hall–Kier alpha value is -1.54. The second-order valence-corrected chi connectivity index (χ2v) is 3.82. The van der Waals surface area contributed by atoms with Gasteiger partial charge in [-0.3, -0.25) is 9.48 Å². The summed E-state index contributed by atoms with van der Waals surface area (Å²) >= 11 is 0. The van der Waals surface area contributed by atoms with Crippen LogP contribution in [0.4, 0.5) is 8.78 Å². The first-order valence-corrected chi connectivity index (χ1v) is 5.37. The number of rotatable bonds is 6. The fraction of sp³-hybridized carbons (Fsp3) is 0.600. The van der Waals surface area contributed by atoms with Gasteiger partial charge in [-0.1, -0.05) is 0 Å². The molecule has 6 nitrogen and oxygen atoms in total. The minimum absolute atomic E-state index is 0.170. The highest BCUT2D eigenvalue weighted by Crippen LogP contribution is 2.13. The summed E-state index contributed by atoms with van der Waals surface area (Å²) in [6, 6.07) is -1.05. The number of alkyl halides is 2. The molecule has 1 amide bonds.